The maximum absolute atomic E-state index is 14.3. The molecule has 2 spiro atoms. The van der Waals surface area contributed by atoms with E-state index in [4.69, 9.17) is 9.47 Å². The van der Waals surface area contributed by atoms with Crippen LogP contribution in [0.25, 0.3) is 11.1 Å². The number of halogens is 2. The molecule has 8 heteroatoms. The van der Waals surface area contributed by atoms with Crippen LogP contribution in [0.3, 0.4) is 0 Å². The molecule has 2 aromatic rings. The van der Waals surface area contributed by atoms with Gasteiger partial charge in [-0.05, 0) is 68.0 Å². The normalized spacial score (nSPS) is 31.2. The van der Waals surface area contributed by atoms with Crippen LogP contribution >= 0.6 is 45.2 Å². The molecule has 4 aliphatic carbocycles. The van der Waals surface area contributed by atoms with Crippen LogP contribution in [0, 0.1) is 11.8 Å². The number of allylic oxidation sites excluding steroid dienone is 3. The van der Waals surface area contributed by atoms with Crippen molar-refractivity contribution in [3.8, 4) is 0 Å². The van der Waals surface area contributed by atoms with Gasteiger partial charge in [-0.25, -0.2) is 9.59 Å². The number of benzene rings is 2. The van der Waals surface area contributed by atoms with Crippen molar-refractivity contribution in [2.24, 2.45) is 11.8 Å². The number of carbonyl (C=O) groups excluding carboxylic acids is 4. The minimum Gasteiger partial charge on any atom is -0.441 e. The Morgan fingerprint density at radius 3 is 1.92 bits per heavy atom. The van der Waals surface area contributed by atoms with Gasteiger partial charge in [0.1, 0.15) is 7.16 Å². The summed E-state index contributed by atoms with van der Waals surface area (Å²) in [5, 5.41) is 0. The van der Waals surface area contributed by atoms with Crippen LogP contribution in [0.4, 0.5) is 0 Å². The molecule has 4 atom stereocenters. The van der Waals surface area contributed by atoms with Crippen molar-refractivity contribution >= 4 is 79.8 Å². The van der Waals surface area contributed by atoms with Crippen LogP contribution in [0.1, 0.15) is 11.1 Å². The number of ether oxygens (including phenoxy) is 2. The number of ketones is 2. The van der Waals surface area contributed by atoms with Crippen LogP contribution in [-0.4, -0.2) is 34.7 Å². The number of esters is 2. The summed E-state index contributed by atoms with van der Waals surface area (Å²) in [6.07, 6.45) is 6.65. The lowest BCUT2D eigenvalue weighted by molar-refractivity contribution is -0.161. The Morgan fingerprint density at radius 1 is 0.684 bits per heavy atom. The van der Waals surface area contributed by atoms with E-state index >= 15 is 0 Å². The first kappa shape index (κ1) is 24.0. The summed E-state index contributed by atoms with van der Waals surface area (Å²) in [4.78, 5) is 54.5. The summed E-state index contributed by atoms with van der Waals surface area (Å²) >= 11 is 3.86. The first-order chi connectivity index (χ1) is 18.3. The average Bonchev–Trinajstić information content (AvgIpc) is 3.35. The standard InChI is InChI=1S/C30H16I2O6/c31-24-21(15-7-3-1-4-8-15)29(37-27(24)35)19-13-11-18(26(29)34)17-12-14-20(33)30(23(17)19)22(25(32)28(36)38-30)16-9-5-2-6-10-16/h1-14,18-19H/t18?,19?,29-,30+/m1/s1. The van der Waals surface area contributed by atoms with E-state index in [-0.39, 0.29) is 5.78 Å². The first-order valence-electron chi connectivity index (χ1n) is 11.9. The molecule has 0 aromatic heterocycles. The predicted molar refractivity (Wildman–Crippen MR) is 155 cm³/mol. The molecule has 0 saturated heterocycles. The second-order valence-corrected chi connectivity index (χ2v) is 11.7. The molecular formula is C30H16I2O6. The third-order valence-corrected chi connectivity index (χ3v) is 9.78. The smallest absolute Gasteiger partial charge is 0.346 e. The summed E-state index contributed by atoms with van der Waals surface area (Å²) in [5.74, 6) is -3.53. The summed E-state index contributed by atoms with van der Waals surface area (Å²) in [6, 6.07) is 18.4. The van der Waals surface area contributed by atoms with Gasteiger partial charge in [0.2, 0.25) is 17.0 Å². The lowest BCUT2D eigenvalue weighted by Gasteiger charge is -2.51. The second kappa shape index (κ2) is 8.19. The van der Waals surface area contributed by atoms with E-state index in [2.05, 4.69) is 0 Å². The maximum Gasteiger partial charge on any atom is 0.346 e. The van der Waals surface area contributed by atoms with Gasteiger partial charge >= 0.3 is 11.9 Å². The Labute approximate surface area is 244 Å². The van der Waals surface area contributed by atoms with Crippen LogP contribution in [0.15, 0.2) is 103 Å². The highest BCUT2D eigenvalue weighted by molar-refractivity contribution is 14.1. The van der Waals surface area contributed by atoms with Crippen LogP contribution in [-0.2, 0) is 28.7 Å². The zero-order chi connectivity index (χ0) is 26.4. The number of Topliss-reactive ketones (excluding diaryl/α,β-unsaturated/α-hetero) is 1. The molecule has 0 N–H and O–H groups in total. The summed E-state index contributed by atoms with van der Waals surface area (Å²) in [6.45, 7) is 0. The van der Waals surface area contributed by atoms with Gasteiger partial charge in [-0.15, -0.1) is 0 Å². The minimum atomic E-state index is -1.78. The molecule has 8 rings (SSSR count). The van der Waals surface area contributed by atoms with E-state index in [1.807, 2.05) is 112 Å². The number of hydrogen-bond donors (Lipinski definition) is 0. The minimum absolute atomic E-state index is 0.277. The topological polar surface area (TPSA) is 86.7 Å². The molecule has 2 bridgehead atoms. The SMILES string of the molecule is O=C1O[C@@]2(C(=O)C=CC3=C2C2C=CC3C(=O)[C@@]23OC(=O)C(I)=C3c2ccccc2)C(c2ccccc2)=C1I. The van der Waals surface area contributed by atoms with E-state index < -0.39 is 40.8 Å². The molecule has 0 fully saturated rings. The highest BCUT2D eigenvalue weighted by Gasteiger charge is 2.70. The van der Waals surface area contributed by atoms with Crippen molar-refractivity contribution < 1.29 is 28.7 Å². The van der Waals surface area contributed by atoms with E-state index in [0.29, 0.717) is 40.6 Å². The van der Waals surface area contributed by atoms with E-state index in [9.17, 15) is 19.2 Å². The first-order valence-corrected chi connectivity index (χ1v) is 14.1. The third-order valence-electron chi connectivity index (χ3n) is 7.83. The highest BCUT2D eigenvalue weighted by atomic mass is 127. The van der Waals surface area contributed by atoms with Crippen molar-refractivity contribution in [1.82, 2.24) is 0 Å². The van der Waals surface area contributed by atoms with E-state index in [0.717, 1.165) is 0 Å². The van der Waals surface area contributed by atoms with Gasteiger partial charge in [0.05, 0.1) is 11.8 Å². The molecule has 6 nitrogen and oxygen atoms in total. The van der Waals surface area contributed by atoms with Crippen molar-refractivity contribution in [3.63, 3.8) is 0 Å². The highest BCUT2D eigenvalue weighted by Crippen LogP contribution is 2.63. The zero-order valence-corrected chi connectivity index (χ0v) is 23.8. The number of carbonyl (C=O) groups is 4. The Balaban J connectivity index is 1.53. The molecule has 0 radical (unpaired) electrons. The van der Waals surface area contributed by atoms with Gasteiger partial charge in [0.15, 0.2) is 5.78 Å². The molecule has 186 valence electrons. The van der Waals surface area contributed by atoms with Crippen LogP contribution in [0.5, 0.6) is 0 Å². The fourth-order valence-electron chi connectivity index (χ4n) is 6.39. The molecule has 6 aliphatic rings. The molecule has 0 amide bonds. The van der Waals surface area contributed by atoms with Crippen LogP contribution < -0.4 is 0 Å². The fourth-order valence-corrected chi connectivity index (χ4v) is 8.01. The summed E-state index contributed by atoms with van der Waals surface area (Å²) < 4.78 is 12.7. The summed E-state index contributed by atoms with van der Waals surface area (Å²) in [7, 11) is 0. The summed E-state index contributed by atoms with van der Waals surface area (Å²) in [5.41, 5.74) is -0.118. The predicted octanol–water partition coefficient (Wildman–Crippen LogP) is 5.09. The Hall–Kier alpha value is -3.12. The maximum atomic E-state index is 14.3. The Morgan fingerprint density at radius 2 is 1.26 bits per heavy atom. The Kier molecular flexibility index (Phi) is 5.16. The monoisotopic (exact) mass is 726 g/mol. The van der Waals surface area contributed by atoms with Gasteiger partial charge in [-0.3, -0.25) is 9.59 Å². The average molecular weight is 726 g/mol. The Bertz CT molecular complexity index is 1660. The lowest BCUT2D eigenvalue weighted by Crippen LogP contribution is -2.61. The molecule has 2 unspecified atom stereocenters. The van der Waals surface area contributed by atoms with Crippen molar-refractivity contribution in [1.29, 1.82) is 0 Å². The van der Waals surface area contributed by atoms with Gasteiger partial charge < -0.3 is 9.47 Å². The molecule has 2 aliphatic heterocycles. The van der Waals surface area contributed by atoms with Gasteiger partial charge in [-0.1, -0.05) is 78.9 Å². The number of rotatable bonds is 2. The van der Waals surface area contributed by atoms with Crippen molar-refractivity contribution in [2.45, 2.75) is 11.2 Å². The number of hydrogen-bond acceptors (Lipinski definition) is 6. The molecule has 2 heterocycles. The largest absolute Gasteiger partial charge is 0.441 e. The van der Waals surface area contributed by atoms with Crippen molar-refractivity contribution in [2.75, 3.05) is 0 Å². The fraction of sp³-hybridized carbons (Fsp3) is 0.133. The van der Waals surface area contributed by atoms with Crippen LogP contribution in [0.2, 0.25) is 0 Å². The zero-order valence-electron chi connectivity index (χ0n) is 19.4. The second-order valence-electron chi connectivity index (χ2n) is 9.58. The van der Waals surface area contributed by atoms with Gasteiger partial charge in [0.25, 0.3) is 0 Å². The molecule has 2 aromatic carbocycles. The van der Waals surface area contributed by atoms with Crippen molar-refractivity contribution in [3.05, 3.63) is 114 Å². The van der Waals surface area contributed by atoms with Gasteiger partial charge in [0, 0.05) is 16.7 Å². The van der Waals surface area contributed by atoms with Gasteiger partial charge in [-0.2, -0.15) is 0 Å². The van der Waals surface area contributed by atoms with E-state index in [1.54, 1.807) is 12.2 Å². The third kappa shape index (κ3) is 2.82. The quantitative estimate of drug-likeness (QED) is 0.244. The lowest BCUT2D eigenvalue weighted by atomic mass is 9.54. The van der Waals surface area contributed by atoms with E-state index in [1.165, 1.54) is 6.08 Å². The molecule has 0 saturated carbocycles. The molecule has 38 heavy (non-hydrogen) atoms. The molecular weight excluding hydrogens is 710 g/mol.